The maximum Gasteiger partial charge on any atom is 0.195 e. The Kier molecular flexibility index (Phi) is 4.66. The summed E-state index contributed by atoms with van der Waals surface area (Å²) in [6, 6.07) is 4.15. The first-order valence-electron chi connectivity index (χ1n) is 5.36. The lowest BCUT2D eigenvalue weighted by molar-refractivity contribution is 0.573. The Morgan fingerprint density at radius 1 is 1.44 bits per heavy atom. The van der Waals surface area contributed by atoms with Gasteiger partial charge in [-0.25, -0.2) is 12.8 Å². The van der Waals surface area contributed by atoms with Crippen molar-refractivity contribution in [1.29, 1.82) is 0 Å². The molecule has 0 aromatic heterocycles. The predicted molar refractivity (Wildman–Crippen MR) is 70.2 cm³/mol. The van der Waals surface area contributed by atoms with Gasteiger partial charge in [-0.05, 0) is 19.1 Å². The summed E-state index contributed by atoms with van der Waals surface area (Å²) < 4.78 is 36.7. The van der Waals surface area contributed by atoms with Crippen LogP contribution in [-0.2, 0) is 9.84 Å². The van der Waals surface area contributed by atoms with Crippen molar-refractivity contribution in [2.45, 2.75) is 11.8 Å². The fourth-order valence-electron chi connectivity index (χ4n) is 1.37. The van der Waals surface area contributed by atoms with Crippen LogP contribution in [-0.4, -0.2) is 34.2 Å². The van der Waals surface area contributed by atoms with Crippen molar-refractivity contribution in [2.75, 3.05) is 25.2 Å². The summed E-state index contributed by atoms with van der Waals surface area (Å²) >= 11 is 0. The van der Waals surface area contributed by atoms with E-state index in [-0.39, 0.29) is 10.6 Å². The van der Waals surface area contributed by atoms with Gasteiger partial charge in [-0.2, -0.15) is 0 Å². The average Bonchev–Trinajstić information content (AvgIpc) is 2.29. The number of halogens is 1. The molecule has 0 spiro atoms. The molecule has 100 valence electrons. The van der Waals surface area contributed by atoms with Crippen LogP contribution in [0.3, 0.4) is 0 Å². The molecule has 0 aliphatic heterocycles. The second-order valence-electron chi connectivity index (χ2n) is 3.62. The second-order valence-corrected chi connectivity index (χ2v) is 5.60. The maximum atomic E-state index is 14.0. The molecule has 0 saturated heterocycles. The third-order valence-corrected chi connectivity index (χ3v) is 3.30. The Morgan fingerprint density at radius 3 is 2.61 bits per heavy atom. The fourth-order valence-corrected chi connectivity index (χ4v) is 2.13. The Balaban J connectivity index is 3.13. The first kappa shape index (κ1) is 14.4. The van der Waals surface area contributed by atoms with Gasteiger partial charge in [-0.3, -0.25) is 4.99 Å². The van der Waals surface area contributed by atoms with Crippen LogP contribution in [0.4, 0.5) is 10.1 Å². The van der Waals surface area contributed by atoms with E-state index in [0.717, 1.165) is 6.26 Å². The van der Waals surface area contributed by atoms with Crippen LogP contribution in [0.1, 0.15) is 6.92 Å². The molecule has 5 nitrogen and oxygen atoms in total. The number of nitrogens with zero attached hydrogens (tertiary/aromatic N) is 1. The van der Waals surface area contributed by atoms with E-state index in [0.29, 0.717) is 12.5 Å². The minimum absolute atomic E-state index is 0.0690. The number of sulfone groups is 1. The highest BCUT2D eigenvalue weighted by Gasteiger charge is 2.17. The molecule has 0 atom stereocenters. The van der Waals surface area contributed by atoms with E-state index in [4.69, 9.17) is 0 Å². The molecule has 1 aromatic rings. The van der Waals surface area contributed by atoms with Gasteiger partial charge in [0.15, 0.2) is 21.6 Å². The number of anilines is 1. The first-order valence-corrected chi connectivity index (χ1v) is 7.25. The molecule has 1 aromatic carbocycles. The lowest BCUT2D eigenvalue weighted by Gasteiger charge is -2.12. The van der Waals surface area contributed by atoms with Crippen LogP contribution in [0.25, 0.3) is 0 Å². The van der Waals surface area contributed by atoms with Crippen molar-refractivity contribution >= 4 is 21.5 Å². The van der Waals surface area contributed by atoms with Crippen LogP contribution in [0, 0.1) is 5.82 Å². The average molecular weight is 273 g/mol. The van der Waals surface area contributed by atoms with Crippen molar-refractivity contribution in [3.05, 3.63) is 24.0 Å². The quantitative estimate of drug-likeness (QED) is 0.642. The van der Waals surface area contributed by atoms with Crippen LogP contribution in [0.15, 0.2) is 28.1 Å². The number of nitrogens with one attached hydrogen (secondary N) is 2. The zero-order valence-corrected chi connectivity index (χ0v) is 11.3. The normalized spacial score (nSPS) is 12.3. The van der Waals surface area contributed by atoms with Gasteiger partial charge in [0.05, 0.1) is 5.69 Å². The topological polar surface area (TPSA) is 70.6 Å². The smallest absolute Gasteiger partial charge is 0.195 e. The maximum absolute atomic E-state index is 14.0. The van der Waals surface area contributed by atoms with Gasteiger partial charge in [0, 0.05) is 19.8 Å². The van der Waals surface area contributed by atoms with Gasteiger partial charge in [0.1, 0.15) is 4.90 Å². The second kappa shape index (κ2) is 5.81. The van der Waals surface area contributed by atoms with Crippen molar-refractivity contribution in [1.82, 2.24) is 5.32 Å². The zero-order chi connectivity index (χ0) is 13.8. The third-order valence-electron chi connectivity index (χ3n) is 2.18. The van der Waals surface area contributed by atoms with Gasteiger partial charge in [-0.15, -0.1) is 0 Å². The molecular weight excluding hydrogens is 257 g/mol. The molecule has 0 radical (unpaired) electrons. The van der Waals surface area contributed by atoms with E-state index in [1.807, 2.05) is 6.92 Å². The van der Waals surface area contributed by atoms with Crippen molar-refractivity contribution in [3.8, 4) is 0 Å². The Labute approximate surface area is 106 Å². The minimum Gasteiger partial charge on any atom is -0.356 e. The summed E-state index contributed by atoms with van der Waals surface area (Å²) in [5.41, 5.74) is 0.0690. The van der Waals surface area contributed by atoms with E-state index in [1.165, 1.54) is 18.2 Å². The summed E-state index contributed by atoms with van der Waals surface area (Å²) in [5, 5.41) is 5.60. The molecule has 0 aliphatic carbocycles. The Morgan fingerprint density at radius 2 is 2.11 bits per heavy atom. The first-order chi connectivity index (χ1) is 8.40. The third kappa shape index (κ3) is 3.43. The van der Waals surface area contributed by atoms with Gasteiger partial charge >= 0.3 is 0 Å². The monoisotopic (exact) mass is 273 g/mol. The molecule has 0 bridgehead atoms. The molecule has 0 unspecified atom stereocenters. The molecule has 0 heterocycles. The van der Waals surface area contributed by atoms with Crippen LogP contribution < -0.4 is 10.6 Å². The summed E-state index contributed by atoms with van der Waals surface area (Å²) in [5.74, 6) is -0.430. The highest BCUT2D eigenvalue weighted by Crippen LogP contribution is 2.21. The molecule has 18 heavy (non-hydrogen) atoms. The molecule has 0 aliphatic rings. The molecule has 2 N–H and O–H groups in total. The van der Waals surface area contributed by atoms with Gasteiger partial charge in [0.25, 0.3) is 0 Å². The van der Waals surface area contributed by atoms with E-state index in [9.17, 15) is 12.8 Å². The summed E-state index contributed by atoms with van der Waals surface area (Å²) in [6.07, 6.45) is 0.967. The van der Waals surface area contributed by atoms with E-state index in [2.05, 4.69) is 15.6 Å². The lowest BCUT2D eigenvalue weighted by Crippen LogP contribution is -2.30. The van der Waals surface area contributed by atoms with E-state index in [1.54, 1.807) is 7.05 Å². The predicted octanol–water partition coefficient (Wildman–Crippen LogP) is 1.24. The largest absolute Gasteiger partial charge is 0.356 e. The molecule has 1 rings (SSSR count). The minimum atomic E-state index is -3.59. The number of guanidine groups is 1. The number of hydrogen-bond donors (Lipinski definition) is 2. The molecule has 0 fully saturated rings. The lowest BCUT2D eigenvalue weighted by atomic mass is 10.3. The van der Waals surface area contributed by atoms with Crippen LogP contribution in [0.2, 0.25) is 0 Å². The number of rotatable bonds is 3. The number of hydrogen-bond acceptors (Lipinski definition) is 3. The Bertz CT molecular complexity index is 555. The van der Waals surface area contributed by atoms with Gasteiger partial charge in [-0.1, -0.05) is 6.07 Å². The highest BCUT2D eigenvalue weighted by atomic mass is 32.2. The molecule has 7 heteroatoms. The highest BCUT2D eigenvalue weighted by molar-refractivity contribution is 7.90. The van der Waals surface area contributed by atoms with Gasteiger partial charge < -0.3 is 10.6 Å². The Hall–Kier alpha value is -1.63. The molecule has 0 amide bonds. The van der Waals surface area contributed by atoms with Crippen molar-refractivity contribution in [3.63, 3.8) is 0 Å². The molecular formula is C11H16FN3O2S. The van der Waals surface area contributed by atoms with Crippen LogP contribution >= 0.6 is 0 Å². The molecule has 0 saturated carbocycles. The zero-order valence-electron chi connectivity index (χ0n) is 10.5. The number of benzene rings is 1. The van der Waals surface area contributed by atoms with Crippen LogP contribution in [0.5, 0.6) is 0 Å². The fraction of sp³-hybridized carbons (Fsp3) is 0.364. The van der Waals surface area contributed by atoms with E-state index < -0.39 is 15.7 Å². The number of aliphatic imine (C=N–C) groups is 1. The van der Waals surface area contributed by atoms with Crippen molar-refractivity contribution in [2.24, 2.45) is 4.99 Å². The van der Waals surface area contributed by atoms with E-state index >= 15 is 0 Å². The summed E-state index contributed by atoms with van der Waals surface area (Å²) in [4.78, 5) is 3.55. The SMILES string of the molecule is CCNC(=NC)Nc1cccc(S(C)(=O)=O)c1F. The van der Waals surface area contributed by atoms with Gasteiger partial charge in [0.2, 0.25) is 0 Å². The van der Waals surface area contributed by atoms with Crippen molar-refractivity contribution < 1.29 is 12.8 Å². The standard InChI is InChI=1S/C11H16FN3O2S/c1-4-14-11(13-2)15-8-6-5-7-9(10(8)12)18(3,16)17/h5-7H,4H2,1-3H3,(H2,13,14,15). The summed E-state index contributed by atoms with van der Waals surface area (Å²) in [7, 11) is -2.04. The summed E-state index contributed by atoms with van der Waals surface area (Å²) in [6.45, 7) is 2.49.